The van der Waals surface area contributed by atoms with E-state index in [2.05, 4.69) is 25.9 Å². The van der Waals surface area contributed by atoms with E-state index in [9.17, 15) is 4.79 Å². The van der Waals surface area contributed by atoms with Crippen LogP contribution in [0, 0.1) is 6.92 Å². The van der Waals surface area contributed by atoms with Gasteiger partial charge in [0.05, 0.1) is 0 Å². The van der Waals surface area contributed by atoms with Gasteiger partial charge in [-0.15, -0.1) is 0 Å². The molecule has 0 aliphatic carbocycles. The third kappa shape index (κ3) is 4.08. The van der Waals surface area contributed by atoms with Crippen LogP contribution in [0.3, 0.4) is 0 Å². The molecule has 0 radical (unpaired) electrons. The van der Waals surface area contributed by atoms with Crippen molar-refractivity contribution in [2.24, 2.45) is 0 Å². The minimum Gasteiger partial charge on any atom is -0.368 e. The highest BCUT2D eigenvalue weighted by Gasteiger charge is 2.03. The van der Waals surface area contributed by atoms with Crippen LogP contribution in [0.25, 0.3) is 0 Å². The standard InChI is InChI=1S/C11H20N6O/c1-8-7-15-10(12-2)16-9(8)13-5-6-14-11(18)17(3)4/h7H,5-6H2,1-4H3,(H,14,18)(H2,12,13,15,16). The molecule has 0 aromatic carbocycles. The molecular formula is C11H20N6O. The largest absolute Gasteiger partial charge is 0.368 e. The number of nitrogens with zero attached hydrogens (tertiary/aromatic N) is 3. The van der Waals surface area contributed by atoms with Crippen molar-refractivity contribution in [3.05, 3.63) is 11.8 Å². The molecule has 18 heavy (non-hydrogen) atoms. The second-order valence-corrected chi connectivity index (χ2v) is 4.03. The zero-order valence-corrected chi connectivity index (χ0v) is 11.2. The normalized spacial score (nSPS) is 9.78. The average molecular weight is 252 g/mol. The quantitative estimate of drug-likeness (QED) is 0.665. The molecule has 0 saturated carbocycles. The van der Waals surface area contributed by atoms with Gasteiger partial charge < -0.3 is 20.9 Å². The number of amides is 2. The van der Waals surface area contributed by atoms with E-state index in [0.717, 1.165) is 11.4 Å². The summed E-state index contributed by atoms with van der Waals surface area (Å²) in [4.78, 5) is 21.2. The number of carbonyl (C=O) groups is 1. The molecule has 0 spiro atoms. The van der Waals surface area contributed by atoms with Crippen LogP contribution >= 0.6 is 0 Å². The average Bonchev–Trinajstić information content (AvgIpc) is 2.36. The predicted octanol–water partition coefficient (Wildman–Crippen LogP) is 0.510. The first-order valence-corrected chi connectivity index (χ1v) is 5.75. The highest BCUT2D eigenvalue weighted by Crippen LogP contribution is 2.11. The molecule has 0 aliphatic heterocycles. The fourth-order valence-electron chi connectivity index (χ4n) is 1.25. The van der Waals surface area contributed by atoms with Crippen LogP contribution in [-0.4, -0.2) is 55.1 Å². The zero-order chi connectivity index (χ0) is 13.5. The van der Waals surface area contributed by atoms with E-state index in [4.69, 9.17) is 0 Å². The van der Waals surface area contributed by atoms with E-state index in [1.54, 1.807) is 27.3 Å². The molecular weight excluding hydrogens is 232 g/mol. The maximum absolute atomic E-state index is 11.3. The number of urea groups is 1. The van der Waals surface area contributed by atoms with Gasteiger partial charge in [-0.1, -0.05) is 0 Å². The minimum absolute atomic E-state index is 0.105. The number of carbonyl (C=O) groups excluding carboxylic acids is 1. The lowest BCUT2D eigenvalue weighted by molar-refractivity contribution is 0.218. The third-order valence-electron chi connectivity index (χ3n) is 2.30. The van der Waals surface area contributed by atoms with Crippen LogP contribution in [-0.2, 0) is 0 Å². The molecule has 0 bridgehead atoms. The number of hydrogen-bond acceptors (Lipinski definition) is 5. The number of aromatic nitrogens is 2. The summed E-state index contributed by atoms with van der Waals surface area (Å²) in [5.41, 5.74) is 0.966. The molecule has 0 aliphatic rings. The molecule has 7 nitrogen and oxygen atoms in total. The molecule has 1 heterocycles. The fourth-order valence-corrected chi connectivity index (χ4v) is 1.25. The van der Waals surface area contributed by atoms with Crippen molar-refractivity contribution >= 4 is 17.8 Å². The Labute approximate surface area is 107 Å². The van der Waals surface area contributed by atoms with E-state index in [1.165, 1.54) is 4.90 Å². The van der Waals surface area contributed by atoms with E-state index >= 15 is 0 Å². The van der Waals surface area contributed by atoms with Gasteiger partial charge in [0.2, 0.25) is 5.95 Å². The van der Waals surface area contributed by atoms with E-state index in [1.807, 2.05) is 6.92 Å². The second kappa shape index (κ2) is 6.63. The summed E-state index contributed by atoms with van der Waals surface area (Å²) in [6, 6.07) is -0.105. The molecule has 0 unspecified atom stereocenters. The van der Waals surface area contributed by atoms with Gasteiger partial charge in [-0.05, 0) is 6.92 Å². The number of nitrogens with one attached hydrogen (secondary N) is 3. The van der Waals surface area contributed by atoms with Crippen molar-refractivity contribution < 1.29 is 4.79 Å². The molecule has 1 aromatic heterocycles. The van der Waals surface area contributed by atoms with Gasteiger partial charge in [0.25, 0.3) is 0 Å². The Morgan fingerprint density at radius 2 is 2.11 bits per heavy atom. The Morgan fingerprint density at radius 3 is 2.72 bits per heavy atom. The van der Waals surface area contributed by atoms with Gasteiger partial charge >= 0.3 is 6.03 Å². The molecule has 1 aromatic rings. The first kappa shape index (κ1) is 14.0. The van der Waals surface area contributed by atoms with Crippen LogP contribution in [0.15, 0.2) is 6.20 Å². The van der Waals surface area contributed by atoms with Crippen LogP contribution < -0.4 is 16.0 Å². The topological polar surface area (TPSA) is 82.2 Å². The number of aryl methyl sites for hydroxylation is 1. The van der Waals surface area contributed by atoms with Gasteiger partial charge in [0.1, 0.15) is 5.82 Å². The number of anilines is 2. The van der Waals surface area contributed by atoms with Crippen LogP contribution in [0.2, 0.25) is 0 Å². The smallest absolute Gasteiger partial charge is 0.316 e. The summed E-state index contributed by atoms with van der Waals surface area (Å²) >= 11 is 0. The first-order valence-electron chi connectivity index (χ1n) is 5.75. The van der Waals surface area contributed by atoms with Gasteiger partial charge in [-0.2, -0.15) is 4.98 Å². The lowest BCUT2D eigenvalue weighted by atomic mass is 10.3. The van der Waals surface area contributed by atoms with E-state index < -0.39 is 0 Å². The highest BCUT2D eigenvalue weighted by molar-refractivity contribution is 5.73. The SMILES string of the molecule is CNc1ncc(C)c(NCCNC(=O)N(C)C)n1. The summed E-state index contributed by atoms with van der Waals surface area (Å²) < 4.78 is 0. The maximum atomic E-state index is 11.3. The first-order chi connectivity index (χ1) is 8.54. The van der Waals surface area contributed by atoms with Crippen molar-refractivity contribution in [3.63, 3.8) is 0 Å². The lowest BCUT2D eigenvalue weighted by Gasteiger charge is -2.13. The molecule has 0 atom stereocenters. The predicted molar refractivity (Wildman–Crippen MR) is 71.9 cm³/mol. The van der Waals surface area contributed by atoms with Gasteiger partial charge in [0.15, 0.2) is 0 Å². The fraction of sp³-hybridized carbons (Fsp3) is 0.545. The maximum Gasteiger partial charge on any atom is 0.316 e. The van der Waals surface area contributed by atoms with Crippen molar-refractivity contribution in [1.29, 1.82) is 0 Å². The van der Waals surface area contributed by atoms with Gasteiger partial charge in [-0.25, -0.2) is 9.78 Å². The summed E-state index contributed by atoms with van der Waals surface area (Å²) in [6.45, 7) is 3.08. The van der Waals surface area contributed by atoms with E-state index in [0.29, 0.717) is 19.0 Å². The summed E-state index contributed by atoms with van der Waals surface area (Å²) in [6.07, 6.45) is 1.75. The van der Waals surface area contributed by atoms with Crippen molar-refractivity contribution in [2.75, 3.05) is 44.9 Å². The molecule has 0 saturated heterocycles. The monoisotopic (exact) mass is 252 g/mol. The molecule has 7 heteroatoms. The van der Waals surface area contributed by atoms with Crippen LogP contribution in [0.4, 0.5) is 16.6 Å². The van der Waals surface area contributed by atoms with Gasteiger partial charge in [0, 0.05) is 46.0 Å². The Bertz CT molecular complexity index is 407. The Kier molecular flexibility index (Phi) is 5.16. The minimum atomic E-state index is -0.105. The molecule has 100 valence electrons. The molecule has 1 rings (SSSR count). The summed E-state index contributed by atoms with van der Waals surface area (Å²) in [5, 5.41) is 8.80. The van der Waals surface area contributed by atoms with Crippen LogP contribution in [0.1, 0.15) is 5.56 Å². The van der Waals surface area contributed by atoms with Crippen molar-refractivity contribution in [1.82, 2.24) is 20.2 Å². The number of hydrogen-bond donors (Lipinski definition) is 3. The Hall–Kier alpha value is -2.05. The number of rotatable bonds is 5. The highest BCUT2D eigenvalue weighted by atomic mass is 16.2. The molecule has 2 amide bonds. The molecule has 0 fully saturated rings. The Balaban J connectivity index is 2.41. The van der Waals surface area contributed by atoms with Crippen molar-refractivity contribution in [2.45, 2.75) is 6.92 Å². The lowest BCUT2D eigenvalue weighted by Crippen LogP contribution is -2.37. The zero-order valence-electron chi connectivity index (χ0n) is 11.2. The second-order valence-electron chi connectivity index (χ2n) is 4.03. The van der Waals surface area contributed by atoms with E-state index in [-0.39, 0.29) is 6.03 Å². The molecule has 3 N–H and O–H groups in total. The van der Waals surface area contributed by atoms with Gasteiger partial charge in [-0.3, -0.25) is 0 Å². The summed E-state index contributed by atoms with van der Waals surface area (Å²) in [7, 11) is 5.18. The summed E-state index contributed by atoms with van der Waals surface area (Å²) in [5.74, 6) is 1.34. The van der Waals surface area contributed by atoms with Crippen LogP contribution in [0.5, 0.6) is 0 Å². The third-order valence-corrected chi connectivity index (χ3v) is 2.30. The van der Waals surface area contributed by atoms with Crippen molar-refractivity contribution in [3.8, 4) is 0 Å². The Morgan fingerprint density at radius 1 is 1.39 bits per heavy atom.